The molecule has 0 bridgehead atoms. The monoisotopic (exact) mass is 246 g/mol. The summed E-state index contributed by atoms with van der Waals surface area (Å²) in [5.74, 6) is 1.71. The zero-order valence-electron chi connectivity index (χ0n) is 10.8. The van der Waals surface area contributed by atoms with E-state index in [0.717, 1.165) is 37.5 Å². The SMILES string of the molecule is CC(CCS)CCOC1CC(C)OC(C)C1. The predicted octanol–water partition coefficient (Wildman–Crippen LogP) is 3.31. The minimum atomic E-state index is 0.351. The van der Waals surface area contributed by atoms with Gasteiger partial charge < -0.3 is 9.47 Å². The van der Waals surface area contributed by atoms with E-state index in [9.17, 15) is 0 Å². The fraction of sp³-hybridized carbons (Fsp3) is 1.00. The fourth-order valence-corrected chi connectivity index (χ4v) is 2.72. The van der Waals surface area contributed by atoms with Crippen molar-refractivity contribution in [1.29, 1.82) is 0 Å². The molecule has 1 aliphatic heterocycles. The molecule has 1 saturated heterocycles. The van der Waals surface area contributed by atoms with Crippen molar-refractivity contribution in [2.24, 2.45) is 5.92 Å². The Bertz CT molecular complexity index is 177. The Kier molecular flexibility index (Phi) is 6.78. The van der Waals surface area contributed by atoms with E-state index in [0.29, 0.717) is 18.3 Å². The lowest BCUT2D eigenvalue weighted by atomic mass is 10.0. The van der Waals surface area contributed by atoms with Gasteiger partial charge in [0, 0.05) is 6.61 Å². The van der Waals surface area contributed by atoms with Gasteiger partial charge in [0.2, 0.25) is 0 Å². The molecular weight excluding hydrogens is 220 g/mol. The third-order valence-electron chi connectivity index (χ3n) is 3.24. The van der Waals surface area contributed by atoms with Gasteiger partial charge in [-0.05, 0) is 51.2 Å². The molecule has 0 radical (unpaired) electrons. The van der Waals surface area contributed by atoms with Gasteiger partial charge in [-0.2, -0.15) is 12.6 Å². The van der Waals surface area contributed by atoms with Crippen molar-refractivity contribution in [3.63, 3.8) is 0 Å². The average Bonchev–Trinajstić information content (AvgIpc) is 2.16. The molecule has 1 aliphatic rings. The molecule has 0 aromatic heterocycles. The Balaban J connectivity index is 2.12. The van der Waals surface area contributed by atoms with Gasteiger partial charge in [0.25, 0.3) is 0 Å². The van der Waals surface area contributed by atoms with E-state index in [1.54, 1.807) is 0 Å². The van der Waals surface area contributed by atoms with E-state index in [1.165, 1.54) is 6.42 Å². The first kappa shape index (κ1) is 14.3. The highest BCUT2D eigenvalue weighted by molar-refractivity contribution is 7.80. The Hall–Kier alpha value is 0.270. The summed E-state index contributed by atoms with van der Waals surface area (Å²) in [4.78, 5) is 0. The summed E-state index contributed by atoms with van der Waals surface area (Å²) in [6.07, 6.45) is 5.54. The molecule has 1 fully saturated rings. The standard InChI is InChI=1S/C13H26O2S/c1-10(5-7-16)4-6-14-13-8-11(2)15-12(3)9-13/h10-13,16H,4-9H2,1-3H3. The van der Waals surface area contributed by atoms with Crippen LogP contribution in [0.3, 0.4) is 0 Å². The van der Waals surface area contributed by atoms with Crippen LogP contribution in [0.4, 0.5) is 0 Å². The van der Waals surface area contributed by atoms with Crippen LogP contribution in [-0.4, -0.2) is 30.7 Å². The summed E-state index contributed by atoms with van der Waals surface area (Å²) >= 11 is 4.25. The second-order valence-corrected chi connectivity index (χ2v) is 5.57. The first-order valence-electron chi connectivity index (χ1n) is 6.49. The van der Waals surface area contributed by atoms with E-state index >= 15 is 0 Å². The van der Waals surface area contributed by atoms with Crippen molar-refractivity contribution in [2.75, 3.05) is 12.4 Å². The number of rotatable bonds is 6. The van der Waals surface area contributed by atoms with Crippen LogP contribution in [-0.2, 0) is 9.47 Å². The van der Waals surface area contributed by atoms with Crippen LogP contribution < -0.4 is 0 Å². The molecule has 0 aromatic rings. The maximum atomic E-state index is 5.94. The lowest BCUT2D eigenvalue weighted by Gasteiger charge is -2.32. The molecule has 0 spiro atoms. The molecule has 96 valence electrons. The lowest BCUT2D eigenvalue weighted by molar-refractivity contribution is -0.103. The molecular formula is C13H26O2S. The van der Waals surface area contributed by atoms with Crippen LogP contribution in [0.2, 0.25) is 0 Å². The van der Waals surface area contributed by atoms with E-state index < -0.39 is 0 Å². The van der Waals surface area contributed by atoms with Crippen molar-refractivity contribution in [2.45, 2.75) is 64.8 Å². The maximum absolute atomic E-state index is 5.94. The minimum Gasteiger partial charge on any atom is -0.378 e. The average molecular weight is 246 g/mol. The molecule has 0 N–H and O–H groups in total. The Labute approximate surface area is 105 Å². The van der Waals surface area contributed by atoms with Crippen LogP contribution in [0.5, 0.6) is 0 Å². The van der Waals surface area contributed by atoms with E-state index in [1.807, 2.05) is 0 Å². The van der Waals surface area contributed by atoms with Gasteiger partial charge in [0.05, 0.1) is 18.3 Å². The molecule has 16 heavy (non-hydrogen) atoms. The normalized spacial score (nSPS) is 32.6. The Morgan fingerprint density at radius 2 is 1.88 bits per heavy atom. The van der Waals surface area contributed by atoms with Gasteiger partial charge in [-0.15, -0.1) is 0 Å². The van der Waals surface area contributed by atoms with Gasteiger partial charge >= 0.3 is 0 Å². The van der Waals surface area contributed by atoms with Gasteiger partial charge in [-0.3, -0.25) is 0 Å². The zero-order chi connectivity index (χ0) is 12.0. The lowest BCUT2D eigenvalue weighted by Crippen LogP contribution is -2.34. The number of hydrogen-bond acceptors (Lipinski definition) is 3. The van der Waals surface area contributed by atoms with Crippen LogP contribution in [0.25, 0.3) is 0 Å². The van der Waals surface area contributed by atoms with E-state index in [2.05, 4.69) is 33.4 Å². The molecule has 3 atom stereocenters. The molecule has 0 aliphatic carbocycles. The quantitative estimate of drug-likeness (QED) is 0.725. The van der Waals surface area contributed by atoms with Crippen LogP contribution in [0.15, 0.2) is 0 Å². The highest BCUT2D eigenvalue weighted by Gasteiger charge is 2.24. The summed E-state index contributed by atoms with van der Waals surface area (Å²) in [6, 6.07) is 0. The van der Waals surface area contributed by atoms with Crippen molar-refractivity contribution >= 4 is 12.6 Å². The summed E-state index contributed by atoms with van der Waals surface area (Å²) in [6.45, 7) is 7.43. The third kappa shape index (κ3) is 5.55. The van der Waals surface area contributed by atoms with E-state index in [-0.39, 0.29) is 0 Å². The van der Waals surface area contributed by atoms with Crippen molar-refractivity contribution in [3.8, 4) is 0 Å². The van der Waals surface area contributed by atoms with Crippen LogP contribution in [0, 0.1) is 5.92 Å². The summed E-state index contributed by atoms with van der Waals surface area (Å²) in [5.41, 5.74) is 0. The summed E-state index contributed by atoms with van der Waals surface area (Å²) < 4.78 is 11.6. The fourth-order valence-electron chi connectivity index (χ4n) is 2.28. The number of ether oxygens (including phenoxy) is 2. The molecule has 2 nitrogen and oxygen atoms in total. The number of hydrogen-bond donors (Lipinski definition) is 1. The summed E-state index contributed by atoms with van der Waals surface area (Å²) in [7, 11) is 0. The van der Waals surface area contributed by atoms with Crippen molar-refractivity contribution in [1.82, 2.24) is 0 Å². The highest BCUT2D eigenvalue weighted by atomic mass is 32.1. The molecule has 0 amide bonds. The van der Waals surface area contributed by atoms with Gasteiger partial charge in [-0.1, -0.05) is 6.92 Å². The topological polar surface area (TPSA) is 18.5 Å². The van der Waals surface area contributed by atoms with Gasteiger partial charge in [0.15, 0.2) is 0 Å². The minimum absolute atomic E-state index is 0.351. The Morgan fingerprint density at radius 3 is 2.44 bits per heavy atom. The van der Waals surface area contributed by atoms with Gasteiger partial charge in [0.1, 0.15) is 0 Å². The molecule has 0 saturated carbocycles. The van der Waals surface area contributed by atoms with Crippen LogP contribution in [0.1, 0.15) is 46.5 Å². The highest BCUT2D eigenvalue weighted by Crippen LogP contribution is 2.22. The van der Waals surface area contributed by atoms with Crippen molar-refractivity contribution in [3.05, 3.63) is 0 Å². The number of thiol groups is 1. The molecule has 0 aromatic carbocycles. The predicted molar refractivity (Wildman–Crippen MR) is 71.2 cm³/mol. The zero-order valence-corrected chi connectivity index (χ0v) is 11.7. The first-order chi connectivity index (χ1) is 7.61. The smallest absolute Gasteiger partial charge is 0.0624 e. The maximum Gasteiger partial charge on any atom is 0.0624 e. The van der Waals surface area contributed by atoms with Crippen LogP contribution >= 0.6 is 12.6 Å². The third-order valence-corrected chi connectivity index (χ3v) is 3.50. The Morgan fingerprint density at radius 1 is 1.25 bits per heavy atom. The molecule has 3 unspecified atom stereocenters. The van der Waals surface area contributed by atoms with Crippen molar-refractivity contribution < 1.29 is 9.47 Å². The second kappa shape index (κ2) is 7.57. The molecule has 1 rings (SSSR count). The van der Waals surface area contributed by atoms with E-state index in [4.69, 9.17) is 9.47 Å². The largest absolute Gasteiger partial charge is 0.378 e. The second-order valence-electron chi connectivity index (χ2n) is 5.13. The van der Waals surface area contributed by atoms with Gasteiger partial charge in [-0.25, -0.2) is 0 Å². The first-order valence-corrected chi connectivity index (χ1v) is 7.13. The molecule has 1 heterocycles. The molecule has 3 heteroatoms. The summed E-state index contributed by atoms with van der Waals surface area (Å²) in [5, 5.41) is 0.